The van der Waals surface area contributed by atoms with Crippen LogP contribution in [-0.2, 0) is 14.3 Å². The summed E-state index contributed by atoms with van der Waals surface area (Å²) in [6.07, 6.45) is 0. The molecule has 0 spiro atoms. The highest BCUT2D eigenvalue weighted by atomic mass is 79.9. The predicted octanol–water partition coefficient (Wildman–Crippen LogP) is 4.38. The molecule has 2 aromatic carbocycles. The van der Waals surface area contributed by atoms with E-state index in [0.29, 0.717) is 15.9 Å². The van der Waals surface area contributed by atoms with Gasteiger partial charge in [0.2, 0.25) is 0 Å². The number of nitrogens with zero attached hydrogens (tertiary/aromatic N) is 1. The van der Waals surface area contributed by atoms with Crippen LogP contribution < -0.4 is 10.2 Å². The third kappa shape index (κ3) is 3.37. The molecule has 27 heavy (non-hydrogen) atoms. The molecule has 0 saturated carbocycles. The van der Waals surface area contributed by atoms with Gasteiger partial charge in [-0.2, -0.15) is 0 Å². The largest absolute Gasteiger partial charge is 0.464 e. The Hall–Kier alpha value is -2.60. The fraction of sp³-hybridized carbons (Fsp3) is 0.238. The number of nitrogens with one attached hydrogen (secondary N) is 1. The molecule has 6 heteroatoms. The predicted molar refractivity (Wildman–Crippen MR) is 110 cm³/mol. The summed E-state index contributed by atoms with van der Waals surface area (Å²) >= 11 is 3.51. The van der Waals surface area contributed by atoms with Crippen molar-refractivity contribution in [2.45, 2.75) is 26.3 Å². The highest BCUT2D eigenvalue weighted by molar-refractivity contribution is 9.11. The molecule has 0 bridgehead atoms. The quantitative estimate of drug-likeness (QED) is 0.717. The molecule has 1 unspecified atom stereocenters. The van der Waals surface area contributed by atoms with Crippen molar-refractivity contribution in [2.75, 3.05) is 16.8 Å². The van der Waals surface area contributed by atoms with Gasteiger partial charge in [0.1, 0.15) is 5.70 Å². The Bertz CT molecular complexity index is 911. The standard InChI is InChI=1S/C21H21BrN2O3/c1-4-27-20(26)21(3)18(22)17(23-15-10-8-9-14(2)13-15)19(25)24(21)16-11-6-5-7-12-16/h5-13,23H,4H2,1-3H3. The van der Waals surface area contributed by atoms with Gasteiger partial charge in [0.05, 0.1) is 11.1 Å². The van der Waals surface area contributed by atoms with Gasteiger partial charge >= 0.3 is 5.97 Å². The summed E-state index contributed by atoms with van der Waals surface area (Å²) in [6, 6.07) is 16.8. The van der Waals surface area contributed by atoms with E-state index < -0.39 is 11.5 Å². The topological polar surface area (TPSA) is 58.6 Å². The fourth-order valence-electron chi connectivity index (χ4n) is 3.13. The van der Waals surface area contributed by atoms with Gasteiger partial charge in [0, 0.05) is 11.4 Å². The number of benzene rings is 2. The number of ether oxygens (including phenoxy) is 1. The number of esters is 1. The van der Waals surface area contributed by atoms with Crippen LogP contribution in [0.5, 0.6) is 0 Å². The number of carbonyl (C=O) groups excluding carboxylic acids is 2. The van der Waals surface area contributed by atoms with Crippen LogP contribution in [0.15, 0.2) is 64.8 Å². The van der Waals surface area contributed by atoms with E-state index in [4.69, 9.17) is 4.74 Å². The minimum absolute atomic E-state index is 0.228. The van der Waals surface area contributed by atoms with Gasteiger partial charge in [-0.1, -0.05) is 30.3 Å². The maximum Gasteiger partial charge on any atom is 0.337 e. The minimum Gasteiger partial charge on any atom is -0.464 e. The van der Waals surface area contributed by atoms with Gasteiger partial charge in [0.15, 0.2) is 5.54 Å². The number of aryl methyl sites for hydroxylation is 1. The first-order valence-electron chi connectivity index (χ1n) is 8.70. The number of amides is 1. The lowest BCUT2D eigenvalue weighted by atomic mass is 10.0. The highest BCUT2D eigenvalue weighted by Gasteiger charge is 2.54. The highest BCUT2D eigenvalue weighted by Crippen LogP contribution is 2.43. The molecule has 0 aromatic heterocycles. The summed E-state index contributed by atoms with van der Waals surface area (Å²) in [5.41, 5.74) is 1.49. The number of halogens is 1. The molecule has 1 N–H and O–H groups in total. The van der Waals surface area contributed by atoms with Crippen LogP contribution >= 0.6 is 15.9 Å². The van der Waals surface area contributed by atoms with Crippen LogP contribution in [0.2, 0.25) is 0 Å². The Morgan fingerprint density at radius 3 is 2.52 bits per heavy atom. The van der Waals surface area contributed by atoms with Crippen molar-refractivity contribution >= 4 is 39.2 Å². The monoisotopic (exact) mass is 428 g/mol. The van der Waals surface area contributed by atoms with E-state index >= 15 is 0 Å². The average molecular weight is 429 g/mol. The Labute approximate surface area is 167 Å². The molecule has 1 amide bonds. The van der Waals surface area contributed by atoms with Crippen LogP contribution in [-0.4, -0.2) is 24.0 Å². The van der Waals surface area contributed by atoms with E-state index in [1.165, 1.54) is 4.90 Å². The number of anilines is 2. The third-order valence-electron chi connectivity index (χ3n) is 4.49. The van der Waals surface area contributed by atoms with Gasteiger partial charge in [-0.3, -0.25) is 9.69 Å². The number of rotatable bonds is 5. The van der Waals surface area contributed by atoms with Gasteiger partial charge in [-0.15, -0.1) is 0 Å². The molecule has 1 aliphatic rings. The molecule has 2 aromatic rings. The second-order valence-electron chi connectivity index (χ2n) is 6.45. The summed E-state index contributed by atoms with van der Waals surface area (Å²) in [4.78, 5) is 27.6. The van der Waals surface area contributed by atoms with Crippen LogP contribution in [0.1, 0.15) is 19.4 Å². The molecule has 0 fully saturated rings. The van der Waals surface area contributed by atoms with Gasteiger partial charge in [-0.25, -0.2) is 4.79 Å². The lowest BCUT2D eigenvalue weighted by Gasteiger charge is -2.33. The molecule has 0 saturated heterocycles. The second-order valence-corrected chi connectivity index (χ2v) is 7.25. The number of hydrogen-bond acceptors (Lipinski definition) is 4. The zero-order valence-corrected chi connectivity index (χ0v) is 17.0. The first-order valence-corrected chi connectivity index (χ1v) is 9.49. The van der Waals surface area contributed by atoms with Crippen LogP contribution in [0.4, 0.5) is 11.4 Å². The van der Waals surface area contributed by atoms with Crippen molar-refractivity contribution in [3.8, 4) is 0 Å². The Morgan fingerprint density at radius 1 is 1.19 bits per heavy atom. The van der Waals surface area contributed by atoms with E-state index in [1.54, 1.807) is 26.0 Å². The van der Waals surface area contributed by atoms with Crippen molar-refractivity contribution in [1.29, 1.82) is 0 Å². The summed E-state index contributed by atoms with van der Waals surface area (Å²) in [7, 11) is 0. The van der Waals surface area contributed by atoms with Crippen molar-refractivity contribution in [3.05, 3.63) is 70.3 Å². The summed E-state index contributed by atoms with van der Waals surface area (Å²) in [6.45, 7) is 5.63. The molecular weight excluding hydrogens is 408 g/mol. The minimum atomic E-state index is -1.29. The maximum atomic E-state index is 13.3. The molecule has 0 radical (unpaired) electrons. The Balaban J connectivity index is 2.09. The van der Waals surface area contributed by atoms with Crippen molar-refractivity contribution in [2.24, 2.45) is 0 Å². The Kier molecular flexibility index (Phi) is 5.37. The number of carbonyl (C=O) groups is 2. The second kappa shape index (κ2) is 7.56. The maximum absolute atomic E-state index is 13.3. The van der Waals surface area contributed by atoms with Gasteiger partial charge < -0.3 is 10.1 Å². The van der Waals surface area contributed by atoms with Crippen molar-refractivity contribution in [3.63, 3.8) is 0 Å². The zero-order valence-electron chi connectivity index (χ0n) is 15.5. The molecule has 1 heterocycles. The molecule has 1 aliphatic heterocycles. The average Bonchev–Trinajstić information content (AvgIpc) is 2.84. The molecule has 0 aliphatic carbocycles. The van der Waals surface area contributed by atoms with E-state index in [-0.39, 0.29) is 12.5 Å². The molecule has 3 rings (SSSR count). The normalized spacial score (nSPS) is 19.4. The summed E-state index contributed by atoms with van der Waals surface area (Å²) < 4.78 is 5.74. The summed E-state index contributed by atoms with van der Waals surface area (Å²) in [5, 5.41) is 3.17. The molecule has 5 nitrogen and oxygen atoms in total. The summed E-state index contributed by atoms with van der Waals surface area (Å²) in [5.74, 6) is -0.791. The SMILES string of the molecule is CCOC(=O)C1(C)C(Br)=C(Nc2cccc(C)c2)C(=O)N1c1ccccc1. The number of para-hydroxylation sites is 1. The number of hydrogen-bond donors (Lipinski definition) is 1. The molecule has 1 atom stereocenters. The van der Waals surface area contributed by atoms with Crippen molar-refractivity contribution in [1.82, 2.24) is 0 Å². The lowest BCUT2D eigenvalue weighted by Crippen LogP contribution is -2.52. The zero-order chi connectivity index (χ0) is 19.6. The third-order valence-corrected chi connectivity index (χ3v) is 5.65. The van der Waals surface area contributed by atoms with Crippen LogP contribution in [0, 0.1) is 6.92 Å². The van der Waals surface area contributed by atoms with Crippen molar-refractivity contribution < 1.29 is 14.3 Å². The van der Waals surface area contributed by atoms with E-state index in [9.17, 15) is 9.59 Å². The first kappa shape index (κ1) is 19.2. The molecular formula is C21H21BrN2O3. The van der Waals surface area contributed by atoms with Crippen LogP contribution in [0.3, 0.4) is 0 Å². The lowest BCUT2D eigenvalue weighted by molar-refractivity contribution is -0.147. The van der Waals surface area contributed by atoms with E-state index in [1.807, 2.05) is 49.4 Å². The van der Waals surface area contributed by atoms with Gasteiger partial charge in [0.25, 0.3) is 5.91 Å². The van der Waals surface area contributed by atoms with Gasteiger partial charge in [-0.05, 0) is 66.5 Å². The first-order chi connectivity index (χ1) is 12.9. The fourth-order valence-corrected chi connectivity index (χ4v) is 3.74. The van der Waals surface area contributed by atoms with E-state index in [2.05, 4.69) is 21.2 Å². The van der Waals surface area contributed by atoms with E-state index in [0.717, 1.165) is 11.3 Å². The molecule has 140 valence electrons. The smallest absolute Gasteiger partial charge is 0.337 e. The van der Waals surface area contributed by atoms with Crippen LogP contribution in [0.25, 0.3) is 0 Å². The Morgan fingerprint density at radius 2 is 1.89 bits per heavy atom.